The van der Waals surface area contributed by atoms with Crippen LogP contribution in [-0.4, -0.2) is 17.3 Å². The third-order valence-corrected chi connectivity index (χ3v) is 4.10. The van der Waals surface area contributed by atoms with E-state index >= 15 is 0 Å². The van der Waals surface area contributed by atoms with E-state index in [-0.39, 0.29) is 17.1 Å². The SMILES string of the molecule is COC1(c2noc([C@@H](N)C(C)(C)C)n2)CCCCC1. The van der Waals surface area contributed by atoms with Crippen LogP contribution in [0.25, 0.3) is 0 Å². The fourth-order valence-electron chi connectivity index (χ4n) is 2.56. The maximum absolute atomic E-state index is 6.16. The van der Waals surface area contributed by atoms with Crippen molar-refractivity contribution in [3.8, 4) is 0 Å². The first-order valence-corrected chi connectivity index (χ1v) is 7.04. The first-order valence-electron chi connectivity index (χ1n) is 7.04. The third kappa shape index (κ3) is 2.82. The van der Waals surface area contributed by atoms with Gasteiger partial charge in [-0.2, -0.15) is 4.98 Å². The van der Waals surface area contributed by atoms with Gasteiger partial charge in [0.15, 0.2) is 0 Å². The molecule has 1 aliphatic carbocycles. The van der Waals surface area contributed by atoms with Crippen LogP contribution in [0, 0.1) is 5.41 Å². The van der Waals surface area contributed by atoms with Gasteiger partial charge in [-0.1, -0.05) is 45.2 Å². The van der Waals surface area contributed by atoms with Gasteiger partial charge in [-0.05, 0) is 18.3 Å². The zero-order valence-electron chi connectivity index (χ0n) is 12.4. The normalized spacial score (nSPS) is 21.3. The van der Waals surface area contributed by atoms with Crippen molar-refractivity contribution in [1.82, 2.24) is 10.1 Å². The fraction of sp³-hybridized carbons (Fsp3) is 0.857. The molecule has 0 unspecified atom stereocenters. The Balaban J connectivity index is 2.24. The molecule has 2 N–H and O–H groups in total. The summed E-state index contributed by atoms with van der Waals surface area (Å²) in [5.41, 5.74) is 5.68. The summed E-state index contributed by atoms with van der Waals surface area (Å²) in [4.78, 5) is 4.52. The van der Waals surface area contributed by atoms with Crippen LogP contribution in [0.5, 0.6) is 0 Å². The largest absolute Gasteiger partial charge is 0.370 e. The van der Waals surface area contributed by atoms with Crippen LogP contribution in [0.3, 0.4) is 0 Å². The van der Waals surface area contributed by atoms with Crippen LogP contribution in [-0.2, 0) is 10.3 Å². The summed E-state index contributed by atoms with van der Waals surface area (Å²) in [6.07, 6.45) is 5.43. The van der Waals surface area contributed by atoms with Crippen molar-refractivity contribution >= 4 is 0 Å². The number of nitrogens with zero attached hydrogens (tertiary/aromatic N) is 2. The van der Waals surface area contributed by atoms with Crippen molar-refractivity contribution in [2.75, 3.05) is 7.11 Å². The van der Waals surface area contributed by atoms with Crippen molar-refractivity contribution in [1.29, 1.82) is 0 Å². The number of nitrogens with two attached hydrogens (primary N) is 1. The van der Waals surface area contributed by atoms with Crippen molar-refractivity contribution in [3.63, 3.8) is 0 Å². The van der Waals surface area contributed by atoms with E-state index in [1.165, 1.54) is 6.42 Å². The Morgan fingerprint density at radius 2 is 1.89 bits per heavy atom. The smallest absolute Gasteiger partial charge is 0.244 e. The molecule has 108 valence electrons. The van der Waals surface area contributed by atoms with E-state index in [4.69, 9.17) is 15.0 Å². The number of aromatic nitrogens is 2. The van der Waals surface area contributed by atoms with Crippen LogP contribution < -0.4 is 5.73 Å². The molecule has 1 saturated carbocycles. The van der Waals surface area contributed by atoms with Gasteiger partial charge in [0.2, 0.25) is 11.7 Å². The minimum atomic E-state index is -0.377. The quantitative estimate of drug-likeness (QED) is 0.911. The van der Waals surface area contributed by atoms with Crippen molar-refractivity contribution in [3.05, 3.63) is 11.7 Å². The van der Waals surface area contributed by atoms with Crippen LogP contribution in [0.4, 0.5) is 0 Å². The molecule has 1 fully saturated rings. The van der Waals surface area contributed by atoms with Gasteiger partial charge in [0, 0.05) is 7.11 Å². The molecule has 5 nitrogen and oxygen atoms in total. The van der Waals surface area contributed by atoms with Crippen molar-refractivity contribution in [2.45, 2.75) is 64.5 Å². The molecule has 0 aromatic carbocycles. The number of hydrogen-bond donors (Lipinski definition) is 1. The molecular formula is C14H25N3O2. The first kappa shape index (κ1) is 14.5. The van der Waals surface area contributed by atoms with Gasteiger partial charge in [-0.25, -0.2) is 0 Å². The van der Waals surface area contributed by atoms with Crippen molar-refractivity contribution in [2.24, 2.45) is 11.1 Å². The Morgan fingerprint density at radius 1 is 1.26 bits per heavy atom. The van der Waals surface area contributed by atoms with E-state index in [1.54, 1.807) is 7.11 Å². The molecule has 19 heavy (non-hydrogen) atoms. The second kappa shape index (κ2) is 5.21. The molecule has 1 aromatic rings. The standard InChI is InChI=1S/C14H25N3O2/c1-13(2,3)10(15)11-16-12(17-19-11)14(18-4)8-6-5-7-9-14/h10H,5-9,15H2,1-4H3/t10-/m1/s1. The minimum Gasteiger partial charge on any atom is -0.370 e. The highest BCUT2D eigenvalue weighted by atomic mass is 16.5. The van der Waals surface area contributed by atoms with Crippen LogP contribution in [0.2, 0.25) is 0 Å². The molecule has 0 radical (unpaired) electrons. The molecule has 1 aromatic heterocycles. The average Bonchev–Trinajstić information content (AvgIpc) is 2.87. The minimum absolute atomic E-state index is 0.101. The summed E-state index contributed by atoms with van der Waals surface area (Å²) in [7, 11) is 1.73. The van der Waals surface area contributed by atoms with E-state index in [2.05, 4.69) is 30.9 Å². The van der Waals surface area contributed by atoms with Crippen LogP contribution in [0.1, 0.15) is 70.6 Å². The zero-order chi connectivity index (χ0) is 14.1. The van der Waals surface area contributed by atoms with E-state index in [0.29, 0.717) is 11.7 Å². The second-order valence-electron chi connectivity index (χ2n) is 6.56. The van der Waals surface area contributed by atoms with Gasteiger partial charge in [-0.15, -0.1) is 0 Å². The van der Waals surface area contributed by atoms with Gasteiger partial charge in [-0.3, -0.25) is 0 Å². The summed E-state index contributed by atoms with van der Waals surface area (Å²) in [6.45, 7) is 6.19. The maximum atomic E-state index is 6.16. The summed E-state index contributed by atoms with van der Waals surface area (Å²) >= 11 is 0. The lowest BCUT2D eigenvalue weighted by molar-refractivity contribution is -0.0527. The summed E-state index contributed by atoms with van der Waals surface area (Å²) in [5.74, 6) is 1.16. The lowest BCUT2D eigenvalue weighted by Gasteiger charge is -2.32. The number of ether oxygens (including phenoxy) is 1. The zero-order valence-corrected chi connectivity index (χ0v) is 12.4. The van der Waals surface area contributed by atoms with Gasteiger partial charge in [0.25, 0.3) is 0 Å². The third-order valence-electron chi connectivity index (χ3n) is 4.10. The average molecular weight is 267 g/mol. The van der Waals surface area contributed by atoms with E-state index < -0.39 is 0 Å². The van der Waals surface area contributed by atoms with E-state index in [1.807, 2.05) is 0 Å². The highest BCUT2D eigenvalue weighted by molar-refractivity contribution is 5.05. The van der Waals surface area contributed by atoms with Crippen LogP contribution >= 0.6 is 0 Å². The van der Waals surface area contributed by atoms with Crippen molar-refractivity contribution < 1.29 is 9.26 Å². The number of rotatable bonds is 3. The Kier molecular flexibility index (Phi) is 3.97. The monoisotopic (exact) mass is 267 g/mol. The van der Waals surface area contributed by atoms with Crippen LogP contribution in [0.15, 0.2) is 4.52 Å². The van der Waals surface area contributed by atoms with Gasteiger partial charge in [0.05, 0.1) is 6.04 Å². The predicted molar refractivity (Wildman–Crippen MR) is 72.5 cm³/mol. The van der Waals surface area contributed by atoms with Gasteiger partial charge in [0.1, 0.15) is 5.60 Å². The highest BCUT2D eigenvalue weighted by Crippen LogP contribution is 2.39. The maximum Gasteiger partial charge on any atom is 0.244 e. The molecule has 2 rings (SSSR count). The Hall–Kier alpha value is -0.940. The molecule has 0 amide bonds. The first-order chi connectivity index (χ1) is 8.89. The number of hydrogen-bond acceptors (Lipinski definition) is 5. The molecule has 0 aliphatic heterocycles. The Bertz CT molecular complexity index is 417. The Labute approximate surface area is 114 Å². The summed E-state index contributed by atoms with van der Waals surface area (Å²) < 4.78 is 11.1. The molecule has 0 spiro atoms. The molecule has 1 atom stereocenters. The van der Waals surface area contributed by atoms with E-state index in [9.17, 15) is 0 Å². The van der Waals surface area contributed by atoms with E-state index in [0.717, 1.165) is 25.7 Å². The molecule has 0 saturated heterocycles. The summed E-state index contributed by atoms with van der Waals surface area (Å²) in [5, 5.41) is 4.13. The molecule has 0 bridgehead atoms. The molecule has 1 aliphatic rings. The van der Waals surface area contributed by atoms with Gasteiger partial charge < -0.3 is 15.0 Å². The highest BCUT2D eigenvalue weighted by Gasteiger charge is 2.39. The Morgan fingerprint density at radius 3 is 2.42 bits per heavy atom. The molecule has 5 heteroatoms. The lowest BCUT2D eigenvalue weighted by Crippen LogP contribution is -2.33. The predicted octanol–water partition coefficient (Wildman–Crippen LogP) is 2.92. The second-order valence-corrected chi connectivity index (χ2v) is 6.56. The fourth-order valence-corrected chi connectivity index (χ4v) is 2.56. The van der Waals surface area contributed by atoms with Gasteiger partial charge >= 0.3 is 0 Å². The molecule has 1 heterocycles. The lowest BCUT2D eigenvalue weighted by atomic mass is 9.84. The molecular weight excluding hydrogens is 242 g/mol. The number of methoxy groups -OCH3 is 1. The topological polar surface area (TPSA) is 74.2 Å². The summed E-state index contributed by atoms with van der Waals surface area (Å²) in [6, 6.07) is -0.258.